The molecule has 0 heterocycles. The van der Waals surface area contributed by atoms with Crippen molar-refractivity contribution in [2.24, 2.45) is 46.3 Å². The van der Waals surface area contributed by atoms with Crippen LogP contribution in [0.25, 0.3) is 0 Å². The van der Waals surface area contributed by atoms with Gasteiger partial charge in [-0.2, -0.15) is 35.1 Å². The predicted molar refractivity (Wildman–Crippen MR) is 136 cm³/mol. The summed E-state index contributed by atoms with van der Waals surface area (Å²) in [6.45, 7) is 2.76. The Morgan fingerprint density at radius 3 is 0.952 bits per heavy atom. The zero-order chi connectivity index (χ0) is 30.7. The third-order valence-electron chi connectivity index (χ3n) is 12.5. The number of amides is 2. The van der Waals surface area contributed by atoms with Crippen molar-refractivity contribution in [3.8, 4) is 0 Å². The monoisotopic (exact) mass is 612 g/mol. The van der Waals surface area contributed by atoms with Gasteiger partial charge in [0.25, 0.3) is 11.8 Å². The Kier molecular flexibility index (Phi) is 6.84. The fourth-order valence-electron chi connectivity index (χ4n) is 11.0. The largest absolute Gasteiger partial charge is 0.392 e. The molecule has 0 aliphatic heterocycles. The lowest BCUT2D eigenvalue weighted by Gasteiger charge is -2.59. The second-order valence-electron chi connectivity index (χ2n) is 15.2. The van der Waals surface area contributed by atoms with Crippen molar-refractivity contribution >= 4 is 11.8 Å². The third-order valence-corrected chi connectivity index (χ3v) is 12.5. The summed E-state index contributed by atoms with van der Waals surface area (Å²) in [6.07, 6.45) is 9.40. The van der Waals surface area contributed by atoms with Gasteiger partial charge in [-0.3, -0.25) is 9.59 Å². The van der Waals surface area contributed by atoms with E-state index in [1.807, 2.05) is 0 Å². The Balaban J connectivity index is 1.15. The van der Waals surface area contributed by atoms with Gasteiger partial charge < -0.3 is 10.6 Å². The van der Waals surface area contributed by atoms with Crippen LogP contribution < -0.4 is 10.6 Å². The summed E-state index contributed by atoms with van der Waals surface area (Å²) in [5, 5.41) is 3.59. The van der Waals surface area contributed by atoms with Crippen LogP contribution in [0.1, 0.15) is 90.9 Å². The van der Waals surface area contributed by atoms with Gasteiger partial charge in [-0.05, 0) is 137 Å². The van der Waals surface area contributed by atoms with Crippen LogP contribution in [0.2, 0.25) is 0 Å². The summed E-state index contributed by atoms with van der Waals surface area (Å²) in [5.41, 5.74) is -1.26. The molecule has 2 N–H and O–H groups in total. The molecule has 8 rings (SSSR count). The second kappa shape index (κ2) is 9.44. The summed E-state index contributed by atoms with van der Waals surface area (Å²) in [7, 11) is 0. The highest BCUT2D eigenvalue weighted by Gasteiger charge is 2.84. The van der Waals surface area contributed by atoms with E-state index in [9.17, 15) is 44.7 Å². The molecule has 42 heavy (non-hydrogen) atoms. The van der Waals surface area contributed by atoms with Crippen molar-refractivity contribution in [2.45, 2.75) is 127 Å². The van der Waals surface area contributed by atoms with E-state index in [0.717, 1.165) is 38.5 Å². The van der Waals surface area contributed by atoms with Crippen LogP contribution >= 0.6 is 0 Å². The van der Waals surface area contributed by atoms with Crippen LogP contribution in [-0.4, -0.2) is 47.6 Å². The molecule has 4 nitrogen and oxygen atoms in total. The zero-order valence-electron chi connectivity index (χ0n) is 23.9. The number of hydrogen-bond acceptors (Lipinski definition) is 2. The smallest absolute Gasteiger partial charge is 0.348 e. The van der Waals surface area contributed by atoms with E-state index in [1.54, 1.807) is 10.6 Å². The molecule has 8 fully saturated rings. The molecule has 0 aromatic heterocycles. The second-order valence-corrected chi connectivity index (χ2v) is 15.2. The third kappa shape index (κ3) is 4.32. The van der Waals surface area contributed by atoms with Crippen molar-refractivity contribution in [1.29, 1.82) is 0 Å². The molecule has 8 bridgehead atoms. The summed E-state index contributed by atoms with van der Waals surface area (Å²) in [5.74, 6) is -29.7. The topological polar surface area (TPSA) is 58.2 Å². The Morgan fingerprint density at radius 1 is 0.524 bits per heavy atom. The van der Waals surface area contributed by atoms with E-state index >= 15 is 0 Å². The summed E-state index contributed by atoms with van der Waals surface area (Å²) in [4.78, 5) is 25.0. The predicted octanol–water partition coefficient (Wildman–Crippen LogP) is 6.97. The van der Waals surface area contributed by atoms with E-state index in [0.29, 0.717) is 74.0 Å². The van der Waals surface area contributed by atoms with Gasteiger partial charge in [0.05, 0.1) is 0 Å². The number of carbonyl (C=O) groups excluding carboxylic acids is 2. The SMILES string of the molecule is CC(NC(=O)C(F)(F)C(F)(F)C(F)(F)C(F)(F)C(=O)NC(C)C12CC3CC(CC(C3)C1)C2)C12CC3CC(CC(C3)C1)C2. The Hall–Kier alpha value is -1.62. The first-order chi connectivity index (χ1) is 19.3. The lowest BCUT2D eigenvalue weighted by atomic mass is 9.48. The Bertz CT molecular complexity index is 968. The minimum Gasteiger partial charge on any atom is -0.348 e. The minimum atomic E-state index is -6.85. The normalized spacial score (nSPS) is 40.6. The maximum Gasteiger partial charge on any atom is 0.392 e. The number of rotatable bonds is 9. The molecular formula is C30H40F8N2O2. The van der Waals surface area contributed by atoms with Crippen LogP contribution in [0.5, 0.6) is 0 Å². The molecule has 238 valence electrons. The highest BCUT2D eigenvalue weighted by atomic mass is 19.4. The first kappa shape index (κ1) is 30.4. The van der Waals surface area contributed by atoms with Gasteiger partial charge in [0.15, 0.2) is 0 Å². The van der Waals surface area contributed by atoms with Crippen molar-refractivity contribution in [3.63, 3.8) is 0 Å². The van der Waals surface area contributed by atoms with Gasteiger partial charge in [-0.1, -0.05) is 0 Å². The highest BCUT2D eigenvalue weighted by Crippen LogP contribution is 2.63. The number of carbonyl (C=O) groups is 2. The lowest BCUT2D eigenvalue weighted by molar-refractivity contribution is -0.347. The summed E-state index contributed by atoms with van der Waals surface area (Å²) in [6, 6.07) is -2.09. The average Bonchev–Trinajstić information content (AvgIpc) is 2.86. The number of hydrogen-bond donors (Lipinski definition) is 2. The van der Waals surface area contributed by atoms with E-state index in [4.69, 9.17) is 0 Å². The molecule has 0 aromatic rings. The fourth-order valence-corrected chi connectivity index (χ4v) is 11.0. The van der Waals surface area contributed by atoms with Crippen LogP contribution in [-0.2, 0) is 9.59 Å². The van der Waals surface area contributed by atoms with Crippen LogP contribution in [0.4, 0.5) is 35.1 Å². The molecular weight excluding hydrogens is 572 g/mol. The van der Waals surface area contributed by atoms with Crippen molar-refractivity contribution < 1.29 is 44.7 Å². The molecule has 2 amide bonds. The van der Waals surface area contributed by atoms with Gasteiger partial charge in [-0.25, -0.2) is 0 Å². The molecule has 2 atom stereocenters. The molecule has 0 spiro atoms. The lowest BCUT2D eigenvalue weighted by Crippen LogP contribution is -2.70. The van der Waals surface area contributed by atoms with Crippen molar-refractivity contribution in [2.75, 3.05) is 0 Å². The fraction of sp³-hybridized carbons (Fsp3) is 0.933. The molecule has 0 saturated heterocycles. The molecule has 8 saturated carbocycles. The van der Waals surface area contributed by atoms with Crippen LogP contribution in [0.3, 0.4) is 0 Å². The molecule has 8 aliphatic rings. The first-order valence-corrected chi connectivity index (χ1v) is 15.4. The number of halogens is 8. The highest BCUT2D eigenvalue weighted by molar-refractivity contribution is 5.87. The first-order valence-electron chi connectivity index (χ1n) is 15.4. The molecule has 0 radical (unpaired) electrons. The number of nitrogens with one attached hydrogen (secondary N) is 2. The summed E-state index contributed by atoms with van der Waals surface area (Å²) < 4.78 is 119. The van der Waals surface area contributed by atoms with E-state index in [-0.39, 0.29) is 0 Å². The van der Waals surface area contributed by atoms with Gasteiger partial charge in [0.2, 0.25) is 0 Å². The Labute approximate surface area is 240 Å². The van der Waals surface area contributed by atoms with Crippen molar-refractivity contribution in [1.82, 2.24) is 10.6 Å². The van der Waals surface area contributed by atoms with Gasteiger partial charge in [0, 0.05) is 12.1 Å². The molecule has 0 aromatic carbocycles. The maximum absolute atomic E-state index is 14.9. The van der Waals surface area contributed by atoms with Gasteiger partial charge in [0.1, 0.15) is 0 Å². The molecule has 12 heteroatoms. The average molecular weight is 613 g/mol. The van der Waals surface area contributed by atoms with Crippen molar-refractivity contribution in [3.05, 3.63) is 0 Å². The van der Waals surface area contributed by atoms with E-state index < -0.39 is 58.4 Å². The van der Waals surface area contributed by atoms with Crippen LogP contribution in [0, 0.1) is 46.3 Å². The van der Waals surface area contributed by atoms with Gasteiger partial charge in [-0.15, -0.1) is 0 Å². The van der Waals surface area contributed by atoms with Crippen LogP contribution in [0.15, 0.2) is 0 Å². The maximum atomic E-state index is 14.9. The minimum absolute atomic E-state index is 0.319. The summed E-state index contributed by atoms with van der Waals surface area (Å²) >= 11 is 0. The molecule has 8 aliphatic carbocycles. The zero-order valence-corrected chi connectivity index (χ0v) is 23.9. The van der Waals surface area contributed by atoms with Gasteiger partial charge >= 0.3 is 23.7 Å². The quantitative estimate of drug-likeness (QED) is 0.277. The van der Waals surface area contributed by atoms with E-state index in [2.05, 4.69) is 0 Å². The Morgan fingerprint density at radius 2 is 0.738 bits per heavy atom. The standard InChI is InChI=1S/C30H40F8N2O2/c1-15(25-9-17-3-18(10-25)5-19(4-17)11-25)39-23(41)27(31,32)29(35,36)30(37,38)28(33,34)24(42)40-16(2)26-12-20-6-21(13-26)8-22(7-20)14-26/h15-22H,3-14H2,1-2H3,(H,39,41)(H,40,42). The molecule has 2 unspecified atom stereocenters. The van der Waals surface area contributed by atoms with E-state index in [1.165, 1.54) is 13.8 Å². The number of alkyl halides is 8.